The van der Waals surface area contributed by atoms with E-state index in [-0.39, 0.29) is 0 Å². The van der Waals surface area contributed by atoms with Crippen LogP contribution in [0.5, 0.6) is 0 Å². The van der Waals surface area contributed by atoms with Crippen LogP contribution in [-0.4, -0.2) is 19.7 Å². The maximum absolute atomic E-state index is 4.50. The third-order valence-electron chi connectivity index (χ3n) is 2.68. The van der Waals surface area contributed by atoms with Gasteiger partial charge in [0.2, 0.25) is 0 Å². The number of nitrogens with one attached hydrogen (secondary N) is 1. The second-order valence-electron chi connectivity index (χ2n) is 4.03. The molecule has 0 spiro atoms. The third kappa shape index (κ3) is 2.77. The molecule has 0 saturated carbocycles. The Bertz CT molecular complexity index is 633. The minimum absolute atomic E-state index is 0.624. The summed E-state index contributed by atoms with van der Waals surface area (Å²) < 4.78 is 1.85. The van der Waals surface area contributed by atoms with Gasteiger partial charge in [-0.05, 0) is 18.2 Å². The van der Waals surface area contributed by atoms with Gasteiger partial charge in [0.25, 0.3) is 0 Å². The van der Waals surface area contributed by atoms with E-state index >= 15 is 0 Å². The van der Waals surface area contributed by atoms with Crippen LogP contribution < -0.4 is 5.32 Å². The monoisotopic (exact) mass is 251 g/mol. The van der Waals surface area contributed by atoms with E-state index in [9.17, 15) is 0 Å². The number of benzene rings is 1. The number of nitrogens with zero attached hydrogens (tertiary/aromatic N) is 4. The topological polar surface area (TPSA) is 55.6 Å². The van der Waals surface area contributed by atoms with Crippen LogP contribution >= 0.6 is 0 Å². The van der Waals surface area contributed by atoms with Crippen LogP contribution in [0.1, 0.15) is 5.69 Å². The molecule has 2 aromatic heterocycles. The van der Waals surface area contributed by atoms with Crippen molar-refractivity contribution in [2.24, 2.45) is 0 Å². The molecule has 0 amide bonds. The summed E-state index contributed by atoms with van der Waals surface area (Å²) in [6, 6.07) is 12.0. The molecular formula is C14H13N5. The second-order valence-corrected chi connectivity index (χ2v) is 4.03. The summed E-state index contributed by atoms with van der Waals surface area (Å²) in [5.41, 5.74) is 2.00. The lowest BCUT2D eigenvalue weighted by molar-refractivity contribution is 0.842. The van der Waals surface area contributed by atoms with Gasteiger partial charge in [-0.1, -0.05) is 18.2 Å². The van der Waals surface area contributed by atoms with E-state index in [0.29, 0.717) is 6.54 Å². The molecule has 0 fully saturated rings. The van der Waals surface area contributed by atoms with Gasteiger partial charge in [-0.25, -0.2) is 9.67 Å². The van der Waals surface area contributed by atoms with Crippen LogP contribution in [0.25, 0.3) is 5.69 Å². The Labute approximate surface area is 111 Å². The minimum atomic E-state index is 0.624. The highest BCUT2D eigenvalue weighted by Crippen LogP contribution is 2.08. The lowest BCUT2D eigenvalue weighted by atomic mass is 10.3. The molecule has 1 N–H and O–H groups in total. The first-order chi connectivity index (χ1) is 9.42. The van der Waals surface area contributed by atoms with E-state index in [4.69, 9.17) is 0 Å². The fraction of sp³-hybridized carbons (Fsp3) is 0.0714. The van der Waals surface area contributed by atoms with Gasteiger partial charge in [0.05, 0.1) is 24.1 Å². The number of hydrogen-bond acceptors (Lipinski definition) is 4. The molecule has 3 aromatic rings. The second kappa shape index (κ2) is 5.30. The van der Waals surface area contributed by atoms with Gasteiger partial charge < -0.3 is 5.32 Å². The zero-order valence-electron chi connectivity index (χ0n) is 10.3. The molecule has 0 radical (unpaired) electrons. The van der Waals surface area contributed by atoms with Crippen molar-refractivity contribution in [1.82, 2.24) is 19.7 Å². The quantitative estimate of drug-likeness (QED) is 0.773. The summed E-state index contributed by atoms with van der Waals surface area (Å²) in [6.07, 6.45) is 6.94. The van der Waals surface area contributed by atoms with Crippen molar-refractivity contribution in [2.75, 3.05) is 5.32 Å². The molecule has 0 aliphatic carbocycles. The Balaban J connectivity index is 1.69. The number of anilines is 1. The molecule has 0 unspecified atom stereocenters. The third-order valence-corrected chi connectivity index (χ3v) is 2.68. The maximum Gasteiger partial charge on any atom is 0.144 e. The number of hydrogen-bond donors (Lipinski definition) is 1. The normalized spacial score (nSPS) is 10.3. The predicted molar refractivity (Wildman–Crippen MR) is 72.9 cm³/mol. The van der Waals surface area contributed by atoms with E-state index < -0.39 is 0 Å². The molecule has 0 bridgehead atoms. The Morgan fingerprint density at radius 3 is 2.74 bits per heavy atom. The molecule has 2 heterocycles. The van der Waals surface area contributed by atoms with Crippen LogP contribution in [0.2, 0.25) is 0 Å². The van der Waals surface area contributed by atoms with E-state index in [1.54, 1.807) is 18.6 Å². The zero-order chi connectivity index (χ0) is 12.9. The number of para-hydroxylation sites is 1. The first-order valence-corrected chi connectivity index (χ1v) is 6.02. The van der Waals surface area contributed by atoms with Crippen molar-refractivity contribution >= 4 is 5.82 Å². The minimum Gasteiger partial charge on any atom is -0.363 e. The van der Waals surface area contributed by atoms with Crippen LogP contribution in [0.15, 0.2) is 61.2 Å². The average molecular weight is 251 g/mol. The smallest absolute Gasteiger partial charge is 0.144 e. The van der Waals surface area contributed by atoms with E-state index in [2.05, 4.69) is 20.4 Å². The van der Waals surface area contributed by atoms with Crippen LogP contribution in [0.3, 0.4) is 0 Å². The standard InChI is InChI=1S/C14H13N5/c1-2-4-13(5-3-1)19-9-6-12(18-19)10-17-14-11-15-7-8-16-14/h1-9,11H,10H2,(H,16,17). The van der Waals surface area contributed by atoms with Gasteiger partial charge in [0, 0.05) is 18.6 Å². The first kappa shape index (κ1) is 11.4. The van der Waals surface area contributed by atoms with Crippen LogP contribution in [0.4, 0.5) is 5.82 Å². The van der Waals surface area contributed by atoms with Gasteiger partial charge in [-0.3, -0.25) is 4.98 Å². The molecule has 19 heavy (non-hydrogen) atoms. The Hall–Kier alpha value is -2.69. The molecule has 0 aliphatic rings. The van der Waals surface area contributed by atoms with Gasteiger partial charge >= 0.3 is 0 Å². The summed E-state index contributed by atoms with van der Waals surface area (Å²) in [7, 11) is 0. The fourth-order valence-electron chi connectivity index (χ4n) is 1.75. The van der Waals surface area contributed by atoms with Crippen molar-refractivity contribution in [3.63, 3.8) is 0 Å². The molecule has 0 atom stereocenters. The lowest BCUT2D eigenvalue weighted by Gasteiger charge is -2.02. The van der Waals surface area contributed by atoms with Crippen LogP contribution in [-0.2, 0) is 6.54 Å². The Morgan fingerprint density at radius 2 is 1.95 bits per heavy atom. The highest BCUT2D eigenvalue weighted by atomic mass is 15.3. The molecule has 0 saturated heterocycles. The molecule has 5 nitrogen and oxygen atoms in total. The summed E-state index contributed by atoms with van der Waals surface area (Å²) in [6.45, 7) is 0.624. The summed E-state index contributed by atoms with van der Waals surface area (Å²) in [5, 5.41) is 7.68. The van der Waals surface area contributed by atoms with Gasteiger partial charge in [-0.2, -0.15) is 5.10 Å². The number of rotatable bonds is 4. The van der Waals surface area contributed by atoms with E-state index in [1.807, 2.05) is 47.3 Å². The van der Waals surface area contributed by atoms with Gasteiger partial charge in [0.1, 0.15) is 5.82 Å². The SMILES string of the molecule is c1ccc(-n2ccc(CNc3cnccn3)n2)cc1. The Morgan fingerprint density at radius 1 is 1.05 bits per heavy atom. The molecule has 1 aromatic carbocycles. The highest BCUT2D eigenvalue weighted by Gasteiger charge is 2.01. The predicted octanol–water partition coefficient (Wildman–Crippen LogP) is 2.27. The van der Waals surface area contributed by atoms with Gasteiger partial charge in [0.15, 0.2) is 0 Å². The van der Waals surface area contributed by atoms with Crippen molar-refractivity contribution in [3.05, 3.63) is 66.9 Å². The summed E-state index contributed by atoms with van der Waals surface area (Å²) in [4.78, 5) is 8.15. The summed E-state index contributed by atoms with van der Waals surface area (Å²) in [5.74, 6) is 0.747. The zero-order valence-corrected chi connectivity index (χ0v) is 10.3. The van der Waals surface area contributed by atoms with Crippen molar-refractivity contribution in [2.45, 2.75) is 6.54 Å². The molecule has 3 rings (SSSR count). The molecule has 94 valence electrons. The average Bonchev–Trinajstić information content (AvgIpc) is 2.96. The van der Waals surface area contributed by atoms with Crippen LogP contribution in [0, 0.1) is 0 Å². The van der Waals surface area contributed by atoms with E-state index in [1.165, 1.54) is 0 Å². The van der Waals surface area contributed by atoms with Crippen molar-refractivity contribution in [1.29, 1.82) is 0 Å². The van der Waals surface area contributed by atoms with Crippen molar-refractivity contribution < 1.29 is 0 Å². The highest BCUT2D eigenvalue weighted by molar-refractivity contribution is 5.32. The molecule has 0 aliphatic heterocycles. The maximum atomic E-state index is 4.50. The van der Waals surface area contributed by atoms with Crippen molar-refractivity contribution in [3.8, 4) is 5.69 Å². The lowest BCUT2D eigenvalue weighted by Crippen LogP contribution is -2.03. The molecular weight excluding hydrogens is 238 g/mol. The van der Waals surface area contributed by atoms with E-state index in [0.717, 1.165) is 17.2 Å². The fourth-order valence-corrected chi connectivity index (χ4v) is 1.75. The first-order valence-electron chi connectivity index (χ1n) is 6.02. The largest absolute Gasteiger partial charge is 0.363 e. The van der Waals surface area contributed by atoms with Gasteiger partial charge in [-0.15, -0.1) is 0 Å². The Kier molecular flexibility index (Phi) is 3.18. The molecule has 5 heteroatoms. The summed E-state index contributed by atoms with van der Waals surface area (Å²) >= 11 is 0. The number of aromatic nitrogens is 4.